The predicted molar refractivity (Wildman–Crippen MR) is 31.1 cm³/mol. The third kappa shape index (κ3) is 1.25. The van der Waals surface area contributed by atoms with E-state index < -0.39 is 29.8 Å². The summed E-state index contributed by atoms with van der Waals surface area (Å²) in [7, 11) is 0. The molecular formula is C7H6F2. The topological polar surface area (TPSA) is 0 Å². The second-order valence-corrected chi connectivity index (χ2v) is 1.63. The molecule has 48 valence electrons. The molecule has 0 nitrogen and oxygen atoms in total. The van der Waals surface area contributed by atoms with Crippen LogP contribution in [0.2, 0.25) is 0 Å². The van der Waals surface area contributed by atoms with Crippen LogP contribution in [0.25, 0.3) is 0 Å². The first-order valence-corrected chi connectivity index (χ1v) is 2.38. The lowest BCUT2D eigenvalue weighted by Gasteiger charge is -1.92. The van der Waals surface area contributed by atoms with Crippen molar-refractivity contribution >= 4 is 0 Å². The van der Waals surface area contributed by atoms with Gasteiger partial charge in [-0.2, -0.15) is 0 Å². The predicted octanol–water partition coefficient (Wildman–Crippen LogP) is 2.27. The summed E-state index contributed by atoms with van der Waals surface area (Å²) < 4.78 is 46.4. The first-order valence-electron chi connectivity index (χ1n) is 3.88. The van der Waals surface area contributed by atoms with E-state index in [2.05, 4.69) is 0 Å². The molecule has 0 atom stereocenters. The van der Waals surface area contributed by atoms with Crippen LogP contribution in [0, 0.1) is 18.6 Å². The molecule has 0 aliphatic carbocycles. The van der Waals surface area contributed by atoms with Gasteiger partial charge < -0.3 is 0 Å². The van der Waals surface area contributed by atoms with Gasteiger partial charge in [0.25, 0.3) is 0 Å². The molecule has 2 heteroatoms. The maximum Gasteiger partial charge on any atom is 0.129 e. The van der Waals surface area contributed by atoms with Gasteiger partial charge in [0.05, 0.1) is 4.11 Å². The van der Waals surface area contributed by atoms with Crippen LogP contribution in [0.15, 0.2) is 18.1 Å². The summed E-state index contributed by atoms with van der Waals surface area (Å²) in [5.41, 5.74) is -0.161. The van der Waals surface area contributed by atoms with Crippen LogP contribution in [0.1, 0.15) is 9.68 Å². The number of benzene rings is 1. The van der Waals surface area contributed by atoms with Crippen LogP contribution in [0.4, 0.5) is 8.78 Å². The molecule has 0 unspecified atom stereocenters. The lowest BCUT2D eigenvalue weighted by atomic mass is 10.2. The maximum atomic E-state index is 12.8. The smallest absolute Gasteiger partial charge is 0.129 e. The summed E-state index contributed by atoms with van der Waals surface area (Å²) in [6, 6.07) is -2.16. The summed E-state index contributed by atoms with van der Waals surface area (Å²) >= 11 is 0. The Morgan fingerprint density at radius 1 is 1.44 bits per heavy atom. The standard InChI is InChI=1S/C7H6F2/c1-5-2-3-6(8)4-7(5)9/h2-4H,1H3/i2D,3D,4D. The monoisotopic (exact) mass is 131 g/mol. The summed E-state index contributed by atoms with van der Waals surface area (Å²) in [6.07, 6.45) is 0. The molecule has 9 heavy (non-hydrogen) atoms. The Morgan fingerprint density at radius 3 is 2.78 bits per heavy atom. The van der Waals surface area contributed by atoms with E-state index >= 15 is 0 Å². The molecule has 1 aromatic carbocycles. The van der Waals surface area contributed by atoms with Crippen molar-refractivity contribution in [2.75, 3.05) is 0 Å². The molecule has 0 saturated heterocycles. The minimum Gasteiger partial charge on any atom is -0.207 e. The van der Waals surface area contributed by atoms with Crippen molar-refractivity contribution in [1.82, 2.24) is 0 Å². The second kappa shape index (κ2) is 2.13. The van der Waals surface area contributed by atoms with Crippen molar-refractivity contribution in [3.8, 4) is 0 Å². The van der Waals surface area contributed by atoms with Gasteiger partial charge in [0.1, 0.15) is 11.6 Å². The van der Waals surface area contributed by atoms with Crippen LogP contribution in [0.5, 0.6) is 0 Å². The Morgan fingerprint density at radius 2 is 2.11 bits per heavy atom. The van der Waals surface area contributed by atoms with Gasteiger partial charge in [-0.05, 0) is 18.5 Å². The molecule has 0 spiro atoms. The Hall–Kier alpha value is -0.920. The van der Waals surface area contributed by atoms with Crippen molar-refractivity contribution in [1.29, 1.82) is 0 Å². The molecule has 0 aromatic heterocycles. The van der Waals surface area contributed by atoms with Crippen molar-refractivity contribution in [3.05, 3.63) is 35.3 Å². The summed E-state index contributed by atoms with van der Waals surface area (Å²) in [5.74, 6) is -2.34. The number of rotatable bonds is 0. The molecule has 0 fully saturated rings. The molecular weight excluding hydrogens is 122 g/mol. The van der Waals surface area contributed by atoms with Gasteiger partial charge in [0, 0.05) is 6.04 Å². The van der Waals surface area contributed by atoms with E-state index in [-0.39, 0.29) is 5.56 Å². The van der Waals surface area contributed by atoms with Crippen LogP contribution in [-0.4, -0.2) is 0 Å². The van der Waals surface area contributed by atoms with Gasteiger partial charge in [-0.1, -0.05) is 6.04 Å². The van der Waals surface area contributed by atoms with Crippen molar-refractivity contribution < 1.29 is 12.9 Å². The third-order valence-corrected chi connectivity index (χ3v) is 0.908. The molecule has 0 aliphatic heterocycles. The largest absolute Gasteiger partial charge is 0.207 e. The first-order chi connectivity index (χ1) is 5.46. The number of halogens is 2. The zero-order chi connectivity index (χ0) is 9.46. The second-order valence-electron chi connectivity index (χ2n) is 1.63. The van der Waals surface area contributed by atoms with Crippen molar-refractivity contribution in [2.45, 2.75) is 6.92 Å². The van der Waals surface area contributed by atoms with Gasteiger partial charge in [-0.3, -0.25) is 0 Å². The molecule has 0 saturated carbocycles. The van der Waals surface area contributed by atoms with Crippen LogP contribution >= 0.6 is 0 Å². The number of hydrogen-bond donors (Lipinski definition) is 0. The van der Waals surface area contributed by atoms with Gasteiger partial charge in [-0.25, -0.2) is 8.78 Å². The average molecular weight is 131 g/mol. The highest BCUT2D eigenvalue weighted by molar-refractivity contribution is 5.16. The lowest BCUT2D eigenvalue weighted by molar-refractivity contribution is 0.577. The van der Waals surface area contributed by atoms with Crippen molar-refractivity contribution in [2.24, 2.45) is 0 Å². The fourth-order valence-electron chi connectivity index (χ4n) is 0.425. The Labute approximate surface area is 56.3 Å². The van der Waals surface area contributed by atoms with E-state index in [1.807, 2.05) is 0 Å². The summed E-state index contributed by atoms with van der Waals surface area (Å²) in [4.78, 5) is 0. The fraction of sp³-hybridized carbons (Fsp3) is 0.143. The minimum absolute atomic E-state index is 0.161. The average Bonchev–Trinajstić information content (AvgIpc) is 2.08. The highest BCUT2D eigenvalue weighted by Gasteiger charge is 1.95. The highest BCUT2D eigenvalue weighted by Crippen LogP contribution is 2.06. The van der Waals surface area contributed by atoms with E-state index in [1.54, 1.807) is 0 Å². The van der Waals surface area contributed by atoms with Gasteiger partial charge in [-0.15, -0.1) is 0 Å². The fourth-order valence-corrected chi connectivity index (χ4v) is 0.425. The van der Waals surface area contributed by atoms with Gasteiger partial charge >= 0.3 is 0 Å². The molecule has 1 rings (SSSR count). The lowest BCUT2D eigenvalue weighted by Crippen LogP contribution is -1.81. The van der Waals surface area contributed by atoms with E-state index in [4.69, 9.17) is 4.11 Å². The highest BCUT2D eigenvalue weighted by atomic mass is 19.1. The maximum absolute atomic E-state index is 12.8. The van der Waals surface area contributed by atoms with Crippen LogP contribution < -0.4 is 0 Å². The molecule has 0 amide bonds. The molecule has 0 heterocycles. The quantitative estimate of drug-likeness (QED) is 0.506. The Balaban J connectivity index is 3.60. The van der Waals surface area contributed by atoms with Crippen molar-refractivity contribution in [3.63, 3.8) is 0 Å². The van der Waals surface area contributed by atoms with E-state index in [9.17, 15) is 8.78 Å². The normalized spacial score (nSPS) is 14.3. The Kier molecular flexibility index (Phi) is 0.781. The van der Waals surface area contributed by atoms with Gasteiger partial charge in [0.2, 0.25) is 0 Å². The van der Waals surface area contributed by atoms with Crippen LogP contribution in [0.3, 0.4) is 0 Å². The van der Waals surface area contributed by atoms with E-state index in [0.29, 0.717) is 0 Å². The molecule has 0 bridgehead atoms. The zero-order valence-electron chi connectivity index (χ0n) is 7.76. The molecule has 0 radical (unpaired) electrons. The minimum atomic E-state index is -1.27. The summed E-state index contributed by atoms with van der Waals surface area (Å²) in [6.45, 7) is 1.24. The summed E-state index contributed by atoms with van der Waals surface area (Å²) in [5, 5.41) is 0. The Bertz CT molecular complexity index is 231. The zero-order valence-corrected chi connectivity index (χ0v) is 4.76. The molecule has 1 aromatic rings. The van der Waals surface area contributed by atoms with Crippen LogP contribution in [-0.2, 0) is 0 Å². The van der Waals surface area contributed by atoms with E-state index in [0.717, 1.165) is 0 Å². The molecule has 0 aliphatic rings. The SMILES string of the molecule is [2H]c1c([2H])c(F)c([2H])c(F)c1C. The first kappa shape index (κ1) is 3.30. The number of hydrogen-bond acceptors (Lipinski definition) is 0. The van der Waals surface area contributed by atoms with Gasteiger partial charge in [0.15, 0.2) is 0 Å². The third-order valence-electron chi connectivity index (χ3n) is 0.908. The van der Waals surface area contributed by atoms with E-state index in [1.165, 1.54) is 6.92 Å². The molecule has 0 N–H and O–H groups in total.